The standard InChI is InChI=1S/C21H17ClN4OS/c1-14(20(27)24-18-10-9-15-5-2-3-6-16(15)11-18)28-21-25-23-13-26(21)19-8-4-7-17(22)12-19/h2-14H,1H3,(H,24,27). The van der Waals surface area contributed by atoms with Crippen LogP contribution in [0.4, 0.5) is 5.69 Å². The molecule has 0 bridgehead atoms. The number of amides is 1. The van der Waals surface area contributed by atoms with Crippen molar-refractivity contribution in [3.8, 4) is 5.69 Å². The summed E-state index contributed by atoms with van der Waals surface area (Å²) >= 11 is 7.42. The highest BCUT2D eigenvalue weighted by Gasteiger charge is 2.19. The maximum atomic E-state index is 12.7. The van der Waals surface area contributed by atoms with E-state index in [1.807, 2.05) is 78.2 Å². The number of thioether (sulfide) groups is 1. The highest BCUT2D eigenvalue weighted by molar-refractivity contribution is 8.00. The van der Waals surface area contributed by atoms with Crippen molar-refractivity contribution in [2.75, 3.05) is 5.32 Å². The van der Waals surface area contributed by atoms with E-state index in [2.05, 4.69) is 15.5 Å². The number of hydrogen-bond donors (Lipinski definition) is 1. The number of fused-ring (bicyclic) bond motifs is 1. The van der Waals surface area contributed by atoms with Gasteiger partial charge in [0.2, 0.25) is 5.91 Å². The third-order valence-corrected chi connectivity index (χ3v) is 5.56. The third kappa shape index (κ3) is 4.03. The molecule has 1 unspecified atom stereocenters. The molecular weight excluding hydrogens is 392 g/mol. The molecule has 4 aromatic rings. The van der Waals surface area contributed by atoms with Crippen LogP contribution in [0.3, 0.4) is 0 Å². The van der Waals surface area contributed by atoms with Crippen LogP contribution in [0.1, 0.15) is 6.92 Å². The molecule has 0 spiro atoms. The minimum atomic E-state index is -0.353. The van der Waals surface area contributed by atoms with Gasteiger partial charge in [-0.05, 0) is 48.0 Å². The summed E-state index contributed by atoms with van der Waals surface area (Å²) < 4.78 is 1.82. The normalized spacial score (nSPS) is 12.1. The molecule has 7 heteroatoms. The molecule has 3 aromatic carbocycles. The maximum Gasteiger partial charge on any atom is 0.237 e. The van der Waals surface area contributed by atoms with E-state index in [1.165, 1.54) is 11.8 Å². The number of benzene rings is 3. The van der Waals surface area contributed by atoms with Crippen molar-refractivity contribution in [3.05, 3.63) is 78.1 Å². The predicted molar refractivity (Wildman–Crippen MR) is 114 cm³/mol. The van der Waals surface area contributed by atoms with E-state index < -0.39 is 0 Å². The lowest BCUT2D eigenvalue weighted by molar-refractivity contribution is -0.115. The minimum absolute atomic E-state index is 0.0964. The van der Waals surface area contributed by atoms with E-state index in [0.29, 0.717) is 10.2 Å². The summed E-state index contributed by atoms with van der Waals surface area (Å²) in [5.41, 5.74) is 1.62. The Morgan fingerprint density at radius 3 is 2.71 bits per heavy atom. The summed E-state index contributed by atoms with van der Waals surface area (Å²) in [4.78, 5) is 12.7. The van der Waals surface area contributed by atoms with Crippen molar-refractivity contribution < 1.29 is 4.79 Å². The molecule has 140 valence electrons. The summed E-state index contributed by atoms with van der Waals surface area (Å²) in [6.45, 7) is 1.85. The fraction of sp³-hybridized carbons (Fsp3) is 0.0952. The monoisotopic (exact) mass is 408 g/mol. The van der Waals surface area contributed by atoms with E-state index in [9.17, 15) is 4.79 Å². The maximum absolute atomic E-state index is 12.7. The first-order chi connectivity index (χ1) is 13.6. The first kappa shape index (κ1) is 18.5. The van der Waals surface area contributed by atoms with Crippen LogP contribution in [-0.4, -0.2) is 25.9 Å². The van der Waals surface area contributed by atoms with Gasteiger partial charge in [0.1, 0.15) is 6.33 Å². The lowest BCUT2D eigenvalue weighted by Gasteiger charge is -2.13. The lowest BCUT2D eigenvalue weighted by Crippen LogP contribution is -2.22. The number of anilines is 1. The predicted octanol–water partition coefficient (Wildman–Crippen LogP) is 5.19. The zero-order valence-electron chi connectivity index (χ0n) is 15.0. The van der Waals surface area contributed by atoms with Crippen LogP contribution < -0.4 is 5.32 Å². The van der Waals surface area contributed by atoms with E-state index in [-0.39, 0.29) is 11.2 Å². The second-order valence-electron chi connectivity index (χ2n) is 6.27. The number of carbonyl (C=O) groups is 1. The van der Waals surface area contributed by atoms with Crippen molar-refractivity contribution >= 4 is 45.7 Å². The van der Waals surface area contributed by atoms with Crippen molar-refractivity contribution in [2.45, 2.75) is 17.3 Å². The lowest BCUT2D eigenvalue weighted by atomic mass is 10.1. The molecule has 0 aliphatic heterocycles. The Hall–Kier alpha value is -2.83. The SMILES string of the molecule is CC(Sc1nncn1-c1cccc(Cl)c1)C(=O)Nc1ccc2ccccc2c1. The van der Waals surface area contributed by atoms with Gasteiger partial charge in [-0.1, -0.05) is 59.8 Å². The number of halogens is 1. The van der Waals surface area contributed by atoms with E-state index in [4.69, 9.17) is 11.6 Å². The van der Waals surface area contributed by atoms with Gasteiger partial charge in [0, 0.05) is 10.7 Å². The molecule has 1 atom stereocenters. The van der Waals surface area contributed by atoms with Crippen molar-refractivity contribution in [1.82, 2.24) is 14.8 Å². The van der Waals surface area contributed by atoms with Crippen LogP contribution in [0.25, 0.3) is 16.5 Å². The van der Waals surface area contributed by atoms with Crippen molar-refractivity contribution in [1.29, 1.82) is 0 Å². The fourth-order valence-electron chi connectivity index (χ4n) is 2.83. The van der Waals surface area contributed by atoms with Crippen molar-refractivity contribution in [3.63, 3.8) is 0 Å². The summed E-state index contributed by atoms with van der Waals surface area (Å²) in [5.74, 6) is -0.0964. The smallest absolute Gasteiger partial charge is 0.237 e. The zero-order chi connectivity index (χ0) is 19.5. The second-order valence-corrected chi connectivity index (χ2v) is 8.02. The Labute approximate surface area is 171 Å². The van der Waals surface area contributed by atoms with Gasteiger partial charge in [0.25, 0.3) is 0 Å². The molecule has 1 heterocycles. The molecule has 28 heavy (non-hydrogen) atoms. The molecule has 1 aromatic heterocycles. The van der Waals surface area contributed by atoms with Gasteiger partial charge in [-0.3, -0.25) is 9.36 Å². The molecule has 0 radical (unpaired) electrons. The molecule has 4 rings (SSSR count). The Morgan fingerprint density at radius 2 is 1.89 bits per heavy atom. The van der Waals surface area contributed by atoms with Gasteiger partial charge >= 0.3 is 0 Å². The number of rotatable bonds is 5. The number of carbonyl (C=O) groups excluding carboxylic acids is 1. The minimum Gasteiger partial charge on any atom is -0.325 e. The largest absolute Gasteiger partial charge is 0.325 e. The fourth-order valence-corrected chi connectivity index (χ4v) is 3.86. The van der Waals surface area contributed by atoms with Gasteiger partial charge in [0.05, 0.1) is 10.9 Å². The highest BCUT2D eigenvalue weighted by atomic mass is 35.5. The van der Waals surface area contributed by atoms with Crippen LogP contribution in [-0.2, 0) is 4.79 Å². The zero-order valence-corrected chi connectivity index (χ0v) is 16.6. The van der Waals surface area contributed by atoms with Gasteiger partial charge in [-0.15, -0.1) is 10.2 Å². The van der Waals surface area contributed by atoms with Crippen LogP contribution in [0.2, 0.25) is 5.02 Å². The topological polar surface area (TPSA) is 59.8 Å². The number of aromatic nitrogens is 3. The van der Waals surface area contributed by atoms with E-state index in [0.717, 1.165) is 22.1 Å². The van der Waals surface area contributed by atoms with Gasteiger partial charge in [0.15, 0.2) is 5.16 Å². The molecule has 0 aliphatic carbocycles. The highest BCUT2D eigenvalue weighted by Crippen LogP contribution is 2.26. The molecule has 1 N–H and O–H groups in total. The number of nitrogens with zero attached hydrogens (tertiary/aromatic N) is 3. The van der Waals surface area contributed by atoms with Gasteiger partial charge < -0.3 is 5.32 Å². The van der Waals surface area contributed by atoms with Crippen molar-refractivity contribution in [2.24, 2.45) is 0 Å². The van der Waals surface area contributed by atoms with Crippen LogP contribution in [0, 0.1) is 0 Å². The quantitative estimate of drug-likeness (QED) is 0.461. The Morgan fingerprint density at radius 1 is 1.07 bits per heavy atom. The Kier molecular flexibility index (Phi) is 5.32. The van der Waals surface area contributed by atoms with Crippen LogP contribution >= 0.6 is 23.4 Å². The summed E-state index contributed by atoms with van der Waals surface area (Å²) in [7, 11) is 0. The average molecular weight is 409 g/mol. The molecule has 0 fully saturated rings. The number of nitrogens with one attached hydrogen (secondary N) is 1. The van der Waals surface area contributed by atoms with E-state index >= 15 is 0 Å². The molecule has 5 nitrogen and oxygen atoms in total. The molecule has 0 saturated heterocycles. The molecule has 0 saturated carbocycles. The van der Waals surface area contributed by atoms with Crippen LogP contribution in [0.15, 0.2) is 78.2 Å². The first-order valence-electron chi connectivity index (χ1n) is 8.72. The van der Waals surface area contributed by atoms with Gasteiger partial charge in [-0.25, -0.2) is 0 Å². The van der Waals surface area contributed by atoms with E-state index in [1.54, 1.807) is 6.33 Å². The average Bonchev–Trinajstić information content (AvgIpc) is 3.16. The van der Waals surface area contributed by atoms with Crippen LogP contribution in [0.5, 0.6) is 0 Å². The summed E-state index contributed by atoms with van der Waals surface area (Å²) in [6.07, 6.45) is 1.61. The first-order valence-corrected chi connectivity index (χ1v) is 9.98. The summed E-state index contributed by atoms with van der Waals surface area (Å²) in [5, 5.41) is 14.2. The summed E-state index contributed by atoms with van der Waals surface area (Å²) in [6, 6.07) is 21.3. The molecular formula is C21H17ClN4OS. The molecule has 0 aliphatic rings. The second kappa shape index (κ2) is 8.04. The molecule has 1 amide bonds. The Balaban J connectivity index is 1.48. The third-order valence-electron chi connectivity index (χ3n) is 4.27. The van der Waals surface area contributed by atoms with Gasteiger partial charge in [-0.2, -0.15) is 0 Å². The Bertz CT molecular complexity index is 1140. The number of hydrogen-bond acceptors (Lipinski definition) is 4.